The lowest BCUT2D eigenvalue weighted by atomic mass is 9.80. The van der Waals surface area contributed by atoms with Crippen molar-refractivity contribution in [2.24, 2.45) is 0 Å². The normalized spacial score (nSPS) is 16.6. The maximum absolute atomic E-state index is 5.98. The fourth-order valence-electron chi connectivity index (χ4n) is 3.44. The van der Waals surface area contributed by atoms with Crippen LogP contribution >= 0.6 is 0 Å². The highest BCUT2D eigenvalue weighted by Gasteiger charge is 2.20. The van der Waals surface area contributed by atoms with Crippen molar-refractivity contribution < 1.29 is 4.74 Å². The molecule has 4 rings (SSSR count). The highest BCUT2D eigenvalue weighted by Crippen LogP contribution is 2.34. The number of hydrogen-bond donors (Lipinski definition) is 0. The molecular weight excluding hydrogens is 280 g/mol. The Labute approximate surface area is 137 Å². The van der Waals surface area contributed by atoms with Crippen LogP contribution in [0.15, 0.2) is 78.9 Å². The zero-order valence-corrected chi connectivity index (χ0v) is 13.1. The van der Waals surface area contributed by atoms with Crippen molar-refractivity contribution in [1.29, 1.82) is 0 Å². The molecule has 0 saturated carbocycles. The summed E-state index contributed by atoms with van der Waals surface area (Å²) in [5, 5.41) is 0. The molecule has 1 atom stereocenters. The summed E-state index contributed by atoms with van der Waals surface area (Å²) in [6, 6.07) is 27.4. The molecule has 1 heteroatoms. The van der Waals surface area contributed by atoms with E-state index in [1.54, 1.807) is 0 Å². The molecule has 0 heterocycles. The van der Waals surface area contributed by atoms with Crippen LogP contribution < -0.4 is 4.74 Å². The molecule has 3 aromatic rings. The Bertz CT molecular complexity index is 792. The van der Waals surface area contributed by atoms with E-state index < -0.39 is 0 Å². The Kier molecular flexibility index (Phi) is 3.85. The SMILES string of the molecule is c1ccc(Oc2cccc(C3CCc4ccccc4C3)c2)cc1. The van der Waals surface area contributed by atoms with Gasteiger partial charge in [0, 0.05) is 0 Å². The maximum atomic E-state index is 5.98. The molecule has 1 aliphatic rings. The molecule has 1 nitrogen and oxygen atoms in total. The fourth-order valence-corrected chi connectivity index (χ4v) is 3.44. The Hall–Kier alpha value is -2.54. The summed E-state index contributed by atoms with van der Waals surface area (Å²) >= 11 is 0. The number of fused-ring (bicyclic) bond motifs is 1. The molecule has 114 valence electrons. The zero-order chi connectivity index (χ0) is 15.5. The number of ether oxygens (including phenoxy) is 1. The molecule has 0 fully saturated rings. The van der Waals surface area contributed by atoms with Gasteiger partial charge in [0.2, 0.25) is 0 Å². The lowest BCUT2D eigenvalue weighted by molar-refractivity contribution is 0.480. The van der Waals surface area contributed by atoms with Gasteiger partial charge in [-0.3, -0.25) is 0 Å². The first-order valence-electron chi connectivity index (χ1n) is 8.28. The number of aryl methyl sites for hydroxylation is 1. The molecule has 0 radical (unpaired) electrons. The zero-order valence-electron chi connectivity index (χ0n) is 13.1. The van der Waals surface area contributed by atoms with Gasteiger partial charge in [0.05, 0.1) is 0 Å². The number of rotatable bonds is 3. The molecule has 3 aromatic carbocycles. The van der Waals surface area contributed by atoms with Gasteiger partial charge in [0.25, 0.3) is 0 Å². The van der Waals surface area contributed by atoms with E-state index in [0.29, 0.717) is 5.92 Å². The smallest absolute Gasteiger partial charge is 0.127 e. The van der Waals surface area contributed by atoms with Gasteiger partial charge in [0.15, 0.2) is 0 Å². The van der Waals surface area contributed by atoms with Crippen LogP contribution in [0.2, 0.25) is 0 Å². The summed E-state index contributed by atoms with van der Waals surface area (Å²) in [5.74, 6) is 2.40. The predicted octanol–water partition coefficient (Wildman–Crippen LogP) is 5.75. The van der Waals surface area contributed by atoms with Gasteiger partial charge >= 0.3 is 0 Å². The summed E-state index contributed by atoms with van der Waals surface area (Å²) in [5.41, 5.74) is 4.39. The van der Waals surface area contributed by atoms with E-state index in [1.807, 2.05) is 36.4 Å². The molecule has 1 aliphatic carbocycles. The van der Waals surface area contributed by atoms with E-state index >= 15 is 0 Å². The minimum Gasteiger partial charge on any atom is -0.457 e. The third-order valence-electron chi connectivity index (χ3n) is 4.66. The van der Waals surface area contributed by atoms with Crippen molar-refractivity contribution in [2.75, 3.05) is 0 Å². The minimum absolute atomic E-state index is 0.587. The summed E-state index contributed by atoms with van der Waals surface area (Å²) in [7, 11) is 0. The van der Waals surface area contributed by atoms with Gasteiger partial charge in [-0.15, -0.1) is 0 Å². The number of benzene rings is 3. The van der Waals surface area contributed by atoms with Crippen molar-refractivity contribution in [1.82, 2.24) is 0 Å². The minimum atomic E-state index is 0.587. The summed E-state index contributed by atoms with van der Waals surface area (Å²) < 4.78 is 5.98. The summed E-state index contributed by atoms with van der Waals surface area (Å²) in [6.07, 6.45) is 3.52. The standard InChI is InChI=1S/C22H20O/c1-2-10-21(11-3-1)23-22-12-6-9-19(16-22)20-14-13-17-7-4-5-8-18(17)15-20/h1-12,16,20H,13-15H2. The topological polar surface area (TPSA) is 9.23 Å². The molecular formula is C22H20O. The van der Waals surface area contributed by atoms with Crippen LogP contribution in [0.25, 0.3) is 0 Å². The maximum Gasteiger partial charge on any atom is 0.127 e. The van der Waals surface area contributed by atoms with Gasteiger partial charge in [-0.2, -0.15) is 0 Å². The first kappa shape index (κ1) is 14.1. The largest absolute Gasteiger partial charge is 0.457 e. The second-order valence-corrected chi connectivity index (χ2v) is 6.20. The molecule has 0 amide bonds. The van der Waals surface area contributed by atoms with Crippen LogP contribution in [0.4, 0.5) is 0 Å². The van der Waals surface area contributed by atoms with Crippen LogP contribution in [0.3, 0.4) is 0 Å². The second kappa shape index (κ2) is 6.29. The van der Waals surface area contributed by atoms with Crippen molar-refractivity contribution in [3.63, 3.8) is 0 Å². The third-order valence-corrected chi connectivity index (χ3v) is 4.66. The Balaban J connectivity index is 1.55. The van der Waals surface area contributed by atoms with Crippen molar-refractivity contribution >= 4 is 0 Å². The van der Waals surface area contributed by atoms with Gasteiger partial charge in [-0.25, -0.2) is 0 Å². The van der Waals surface area contributed by atoms with E-state index in [1.165, 1.54) is 29.5 Å². The summed E-state index contributed by atoms with van der Waals surface area (Å²) in [4.78, 5) is 0. The number of para-hydroxylation sites is 1. The first-order valence-corrected chi connectivity index (χ1v) is 8.28. The van der Waals surface area contributed by atoms with E-state index in [-0.39, 0.29) is 0 Å². The van der Waals surface area contributed by atoms with Crippen LogP contribution in [0, 0.1) is 0 Å². The average Bonchev–Trinajstić information content (AvgIpc) is 2.62. The van der Waals surface area contributed by atoms with Crippen LogP contribution in [0.1, 0.15) is 29.0 Å². The van der Waals surface area contributed by atoms with E-state index in [2.05, 4.69) is 42.5 Å². The summed E-state index contributed by atoms with van der Waals surface area (Å²) in [6.45, 7) is 0. The molecule has 0 aliphatic heterocycles. The Morgan fingerprint density at radius 3 is 2.30 bits per heavy atom. The lowest BCUT2D eigenvalue weighted by Gasteiger charge is -2.25. The van der Waals surface area contributed by atoms with Gasteiger partial charge in [0.1, 0.15) is 11.5 Å². The highest BCUT2D eigenvalue weighted by atomic mass is 16.5. The van der Waals surface area contributed by atoms with Crippen molar-refractivity contribution in [3.8, 4) is 11.5 Å². The highest BCUT2D eigenvalue weighted by molar-refractivity contribution is 5.38. The van der Waals surface area contributed by atoms with Crippen LogP contribution in [-0.2, 0) is 12.8 Å². The molecule has 0 spiro atoms. The van der Waals surface area contributed by atoms with Crippen LogP contribution in [-0.4, -0.2) is 0 Å². The molecule has 0 N–H and O–H groups in total. The molecule has 0 bridgehead atoms. The Morgan fingerprint density at radius 1 is 0.696 bits per heavy atom. The van der Waals surface area contributed by atoms with Crippen LogP contribution in [0.5, 0.6) is 11.5 Å². The van der Waals surface area contributed by atoms with Gasteiger partial charge < -0.3 is 4.74 Å². The fraction of sp³-hybridized carbons (Fsp3) is 0.182. The van der Waals surface area contributed by atoms with Gasteiger partial charge in [-0.1, -0.05) is 54.6 Å². The van der Waals surface area contributed by atoms with Gasteiger partial charge in [-0.05, 0) is 66.1 Å². The van der Waals surface area contributed by atoms with Crippen molar-refractivity contribution in [2.45, 2.75) is 25.2 Å². The molecule has 23 heavy (non-hydrogen) atoms. The van der Waals surface area contributed by atoms with E-state index in [4.69, 9.17) is 4.74 Å². The monoisotopic (exact) mass is 300 g/mol. The molecule has 0 aromatic heterocycles. The van der Waals surface area contributed by atoms with E-state index in [9.17, 15) is 0 Å². The average molecular weight is 300 g/mol. The second-order valence-electron chi connectivity index (χ2n) is 6.20. The number of hydrogen-bond acceptors (Lipinski definition) is 1. The molecule has 1 unspecified atom stereocenters. The van der Waals surface area contributed by atoms with Crippen molar-refractivity contribution in [3.05, 3.63) is 95.6 Å². The first-order chi connectivity index (χ1) is 11.4. The molecule has 0 saturated heterocycles. The predicted molar refractivity (Wildman–Crippen MR) is 94.2 cm³/mol. The van der Waals surface area contributed by atoms with E-state index in [0.717, 1.165) is 17.9 Å². The lowest BCUT2D eigenvalue weighted by Crippen LogP contribution is -2.12. The third kappa shape index (κ3) is 3.14. The Morgan fingerprint density at radius 2 is 1.43 bits per heavy atom. The quantitative estimate of drug-likeness (QED) is 0.598.